The molecular formula is C38H37N3O14. The summed E-state index contributed by atoms with van der Waals surface area (Å²) in [6.45, 7) is 2.44. The van der Waals surface area contributed by atoms with Crippen LogP contribution < -0.4 is 10.6 Å². The minimum atomic E-state index is -3.27. The minimum Gasteiger partial charge on any atom is -0.507 e. The molecule has 17 heteroatoms. The number of hydrogen-bond acceptors (Lipinski definition) is 16. The zero-order valence-corrected chi connectivity index (χ0v) is 29.8. The van der Waals surface area contributed by atoms with E-state index in [0.717, 1.165) is 19.3 Å². The first-order valence-electron chi connectivity index (χ1n) is 17.2. The van der Waals surface area contributed by atoms with Gasteiger partial charge in [-0.2, -0.15) is 0 Å². The molecule has 1 aliphatic heterocycles. The number of nitrogens with one attached hydrogen (secondary N) is 2. The summed E-state index contributed by atoms with van der Waals surface area (Å²) in [5.41, 5.74) is -10.0. The number of Topliss-reactive ketones (excluding diaryl/α,β-unsaturated/α-hetero) is 3. The van der Waals surface area contributed by atoms with Crippen molar-refractivity contribution in [2.24, 2.45) is 5.92 Å². The molecule has 2 aromatic carbocycles. The first-order chi connectivity index (χ1) is 26.1. The van der Waals surface area contributed by atoms with E-state index in [4.69, 9.17) is 14.2 Å². The van der Waals surface area contributed by atoms with Crippen molar-refractivity contribution in [2.45, 2.75) is 62.1 Å². The van der Waals surface area contributed by atoms with Crippen LogP contribution in [0, 0.1) is 12.8 Å². The molecule has 2 unspecified atom stereocenters. The van der Waals surface area contributed by atoms with Crippen molar-refractivity contribution in [3.63, 3.8) is 0 Å². The average molecular weight is 760 g/mol. The summed E-state index contributed by atoms with van der Waals surface area (Å²) < 4.78 is 16.7. The molecule has 1 fully saturated rings. The highest BCUT2D eigenvalue weighted by atomic mass is 16.6. The number of aliphatic hydroxyl groups excluding tert-OH is 3. The van der Waals surface area contributed by atoms with E-state index in [0.29, 0.717) is 0 Å². The maximum atomic E-state index is 14.8. The highest BCUT2D eigenvalue weighted by Gasteiger charge is 2.72. The maximum absolute atomic E-state index is 14.8. The lowest BCUT2D eigenvalue weighted by molar-refractivity contribution is -0.214. The van der Waals surface area contributed by atoms with Crippen LogP contribution >= 0.6 is 0 Å². The fourth-order valence-electron chi connectivity index (χ4n) is 8.45. The van der Waals surface area contributed by atoms with E-state index >= 15 is 0 Å². The number of allylic oxidation sites excluding steroid dienone is 2. The van der Waals surface area contributed by atoms with Crippen molar-refractivity contribution >= 4 is 34.7 Å². The Morgan fingerprint density at radius 2 is 1.78 bits per heavy atom. The van der Waals surface area contributed by atoms with Gasteiger partial charge in [0, 0.05) is 49.6 Å². The highest BCUT2D eigenvalue weighted by Crippen LogP contribution is 2.56. The number of aromatic nitrogens is 1. The lowest BCUT2D eigenvalue weighted by atomic mass is 9.56. The Kier molecular flexibility index (Phi) is 9.24. The summed E-state index contributed by atoms with van der Waals surface area (Å²) in [6, 6.07) is 5.27. The molecule has 0 radical (unpaired) electrons. The average Bonchev–Trinajstić information content (AvgIpc) is 3.13. The SMILES string of the molecule is CO[C@H]1[C@H](C)OC(NC2=CC(=O)c3c(cc4c(c3O)C(=O)[C@]3(OC)[C@H](O)Cc5cc(C)c(C(=O)Nc6cccnc6)c(O)c5[C@]3(O)C4=O)C2=O)C(CO)[C@@H]1O. The number of pyridine rings is 1. The van der Waals surface area contributed by atoms with Gasteiger partial charge in [-0.25, -0.2) is 0 Å². The molecule has 0 saturated carbocycles. The Morgan fingerprint density at radius 1 is 1.05 bits per heavy atom. The Bertz CT molecular complexity index is 2220. The quantitative estimate of drug-likeness (QED) is 0.160. The molecule has 7 rings (SSSR count). The molecule has 8 N–H and O–H groups in total. The molecule has 3 aliphatic carbocycles. The molecule has 4 aliphatic rings. The second-order valence-corrected chi connectivity index (χ2v) is 13.9. The largest absolute Gasteiger partial charge is 0.507 e. The van der Waals surface area contributed by atoms with E-state index in [-0.39, 0.29) is 22.4 Å². The first kappa shape index (κ1) is 37.9. The van der Waals surface area contributed by atoms with Crippen LogP contribution in [0.5, 0.6) is 11.5 Å². The second kappa shape index (κ2) is 13.4. The third kappa shape index (κ3) is 5.19. The lowest BCUT2D eigenvalue weighted by Crippen LogP contribution is -2.73. The van der Waals surface area contributed by atoms with E-state index in [2.05, 4.69) is 15.6 Å². The normalized spacial score (nSPS) is 29.8. The number of ether oxygens (including phenoxy) is 3. The number of carbonyl (C=O) groups is 5. The van der Waals surface area contributed by atoms with Crippen LogP contribution in [-0.4, -0.2) is 122 Å². The third-order valence-electron chi connectivity index (χ3n) is 11.0. The van der Waals surface area contributed by atoms with Crippen LogP contribution in [0.1, 0.15) is 75.4 Å². The fraction of sp³-hybridized carbons (Fsp3) is 0.368. The van der Waals surface area contributed by atoms with Crippen molar-refractivity contribution in [2.75, 3.05) is 26.1 Å². The molecule has 8 atom stereocenters. The molecule has 0 spiro atoms. The van der Waals surface area contributed by atoms with E-state index in [1.165, 1.54) is 38.6 Å². The summed E-state index contributed by atoms with van der Waals surface area (Å²) in [4.78, 5) is 74.5. The first-order valence-corrected chi connectivity index (χ1v) is 17.2. The zero-order valence-electron chi connectivity index (χ0n) is 29.8. The second-order valence-electron chi connectivity index (χ2n) is 13.9. The monoisotopic (exact) mass is 759 g/mol. The molecule has 55 heavy (non-hydrogen) atoms. The Hall–Kier alpha value is -5.40. The molecule has 3 aromatic rings. The predicted molar refractivity (Wildman–Crippen MR) is 187 cm³/mol. The number of nitrogens with zero attached hydrogens (tertiary/aromatic N) is 1. The number of anilines is 1. The number of rotatable bonds is 7. The smallest absolute Gasteiger partial charge is 0.259 e. The molecule has 2 heterocycles. The zero-order chi connectivity index (χ0) is 39.9. The molecular weight excluding hydrogens is 722 g/mol. The fourth-order valence-corrected chi connectivity index (χ4v) is 8.45. The number of fused-ring (bicyclic) bond motifs is 5. The number of aryl methyl sites for hydroxylation is 1. The van der Waals surface area contributed by atoms with Crippen LogP contribution in [0.4, 0.5) is 5.69 Å². The number of phenols is 2. The summed E-state index contributed by atoms with van der Waals surface area (Å²) in [7, 11) is 2.26. The third-order valence-corrected chi connectivity index (χ3v) is 11.0. The number of aromatic hydroxyl groups is 2. The number of methoxy groups -OCH3 is 2. The molecule has 17 nitrogen and oxygen atoms in total. The van der Waals surface area contributed by atoms with Gasteiger partial charge in [-0.1, -0.05) is 6.07 Å². The van der Waals surface area contributed by atoms with Crippen molar-refractivity contribution in [1.29, 1.82) is 0 Å². The van der Waals surface area contributed by atoms with E-state index in [9.17, 15) is 54.6 Å². The van der Waals surface area contributed by atoms with Gasteiger partial charge in [-0.05, 0) is 43.2 Å². The minimum absolute atomic E-state index is 0.0129. The predicted octanol–water partition coefficient (Wildman–Crippen LogP) is 0.204. The van der Waals surface area contributed by atoms with Gasteiger partial charge in [-0.3, -0.25) is 29.0 Å². The van der Waals surface area contributed by atoms with Gasteiger partial charge in [0.15, 0.2) is 17.0 Å². The van der Waals surface area contributed by atoms with Crippen LogP contribution in [0.15, 0.2) is 48.4 Å². The summed E-state index contributed by atoms with van der Waals surface area (Å²) in [6.07, 6.45) is -2.88. The van der Waals surface area contributed by atoms with Gasteiger partial charge in [0.1, 0.15) is 23.8 Å². The van der Waals surface area contributed by atoms with Crippen LogP contribution in [0.2, 0.25) is 0 Å². The number of benzene rings is 2. The van der Waals surface area contributed by atoms with Crippen molar-refractivity contribution in [3.05, 3.63) is 92.9 Å². The molecule has 1 amide bonds. The molecule has 288 valence electrons. The molecule has 1 saturated heterocycles. The van der Waals surface area contributed by atoms with Crippen LogP contribution in [0.3, 0.4) is 0 Å². The summed E-state index contributed by atoms with van der Waals surface area (Å²) in [5.74, 6) is -8.64. The summed E-state index contributed by atoms with van der Waals surface area (Å²) >= 11 is 0. The number of carbonyl (C=O) groups excluding carboxylic acids is 5. The maximum Gasteiger partial charge on any atom is 0.259 e. The highest BCUT2D eigenvalue weighted by molar-refractivity contribution is 6.31. The molecule has 0 bridgehead atoms. The van der Waals surface area contributed by atoms with Gasteiger partial charge >= 0.3 is 0 Å². The van der Waals surface area contributed by atoms with Gasteiger partial charge in [0.05, 0.1) is 65.1 Å². The van der Waals surface area contributed by atoms with Crippen LogP contribution in [-0.2, 0) is 26.2 Å². The van der Waals surface area contributed by atoms with Gasteiger partial charge < -0.3 is 55.5 Å². The van der Waals surface area contributed by atoms with Crippen LogP contribution in [0.25, 0.3) is 0 Å². The number of amides is 1. The molecule has 1 aromatic heterocycles. The number of phenolic OH excluding ortho intramolecular Hbond substituents is 2. The Balaban J connectivity index is 1.35. The van der Waals surface area contributed by atoms with Crippen molar-refractivity contribution in [1.82, 2.24) is 10.3 Å². The van der Waals surface area contributed by atoms with Crippen molar-refractivity contribution < 1.29 is 68.8 Å². The summed E-state index contributed by atoms with van der Waals surface area (Å²) in [5, 5.41) is 73.7. The number of ketones is 4. The van der Waals surface area contributed by atoms with Gasteiger partial charge in [0.25, 0.3) is 5.91 Å². The van der Waals surface area contributed by atoms with Gasteiger partial charge in [-0.15, -0.1) is 0 Å². The number of aliphatic hydroxyl groups is 4. The van der Waals surface area contributed by atoms with E-state index < -0.39 is 135 Å². The van der Waals surface area contributed by atoms with Crippen molar-refractivity contribution in [3.8, 4) is 11.5 Å². The topological polar surface area (TPSA) is 271 Å². The number of hydrogen-bond donors (Lipinski definition) is 8. The van der Waals surface area contributed by atoms with E-state index in [1.807, 2.05) is 0 Å². The van der Waals surface area contributed by atoms with Gasteiger partial charge in [0.2, 0.25) is 17.3 Å². The van der Waals surface area contributed by atoms with E-state index in [1.54, 1.807) is 13.0 Å². The Labute approximate surface area is 312 Å². The lowest BCUT2D eigenvalue weighted by Gasteiger charge is -2.53. The Morgan fingerprint density at radius 3 is 2.42 bits per heavy atom. The standard InChI is InChI=1S/C38H37N3O14/c1-14-8-16-9-23(44)38(54-4)34(50)26-19(33(49)37(38,52)27(16)31(48)24(14)35(51)40-17-6-5-7-39-12-17)10-18-25(30(26)47)22(43)11-21(28(18)45)41-36-20(13-42)29(46)32(53-3)15(2)55-36/h5-8,10-12,15,20,23,29,32,36,41-42,44,46-48,52H,9,13H2,1-4H3,(H,40,51)/t15-,20?,23+,29-,32-,36?,37-,38+/m0/s1.